The Labute approximate surface area is 190 Å². The summed E-state index contributed by atoms with van der Waals surface area (Å²) in [6.45, 7) is 7.99. The number of rotatable bonds is 2. The number of allylic oxidation sites excluding steroid dienone is 6. The number of amides is 1. The molecule has 0 radical (unpaired) electrons. The van der Waals surface area contributed by atoms with Crippen LogP contribution in [0.5, 0.6) is 0 Å². The highest BCUT2D eigenvalue weighted by molar-refractivity contribution is 6.14. The van der Waals surface area contributed by atoms with Gasteiger partial charge >= 0.3 is 0 Å². The van der Waals surface area contributed by atoms with E-state index in [1.54, 1.807) is 6.08 Å². The van der Waals surface area contributed by atoms with Gasteiger partial charge in [-0.3, -0.25) is 14.4 Å². The van der Waals surface area contributed by atoms with Gasteiger partial charge in [0.1, 0.15) is 11.2 Å². The fraction of sp³-hybridized carbons (Fsp3) is 0.464. The van der Waals surface area contributed by atoms with Crippen molar-refractivity contribution < 1.29 is 14.4 Å². The van der Waals surface area contributed by atoms with Crippen LogP contribution in [-0.2, 0) is 20.8 Å². The SMILES string of the molecule is CC1=CC2C=CCC(C)C(=O)C(C)C=CC(=O)C23C(=O)NC(Cc2ccccc2)C3C1C. The van der Waals surface area contributed by atoms with Gasteiger partial charge in [-0.25, -0.2) is 0 Å². The van der Waals surface area contributed by atoms with E-state index < -0.39 is 5.41 Å². The maximum Gasteiger partial charge on any atom is 0.235 e. The maximum atomic E-state index is 13.9. The van der Waals surface area contributed by atoms with Gasteiger partial charge < -0.3 is 5.32 Å². The zero-order chi connectivity index (χ0) is 23.0. The van der Waals surface area contributed by atoms with Crippen LogP contribution in [0.2, 0.25) is 0 Å². The third-order valence-electron chi connectivity index (χ3n) is 7.89. The molecule has 1 aromatic rings. The molecule has 7 atom stereocenters. The van der Waals surface area contributed by atoms with Crippen LogP contribution in [0.4, 0.5) is 0 Å². The molecule has 1 aliphatic heterocycles. The van der Waals surface area contributed by atoms with Crippen LogP contribution in [0, 0.1) is 35.0 Å². The standard InChI is InChI=1S/C28H33NO3/c1-17-9-8-12-22-15-19(3)20(4)25-23(16-21-10-6-5-7-11-21)29-27(32)28(22,25)24(30)14-13-18(2)26(17)31/h5-8,10-15,17-18,20,22-23,25H,9,16H2,1-4H3,(H,29,32). The normalized spacial score (nSPS) is 37.2. The number of hydrogen-bond donors (Lipinski definition) is 1. The molecular formula is C28H33NO3. The highest BCUT2D eigenvalue weighted by Crippen LogP contribution is 2.54. The topological polar surface area (TPSA) is 63.2 Å². The van der Waals surface area contributed by atoms with Gasteiger partial charge in [0.05, 0.1) is 0 Å². The molecule has 1 spiro atoms. The van der Waals surface area contributed by atoms with Crippen molar-refractivity contribution >= 4 is 17.5 Å². The third kappa shape index (κ3) is 3.60. The van der Waals surface area contributed by atoms with Crippen LogP contribution >= 0.6 is 0 Å². The Bertz CT molecular complexity index is 1000. The summed E-state index contributed by atoms with van der Waals surface area (Å²) in [5.41, 5.74) is 1.18. The summed E-state index contributed by atoms with van der Waals surface area (Å²) >= 11 is 0. The molecule has 1 amide bonds. The summed E-state index contributed by atoms with van der Waals surface area (Å²) in [7, 11) is 0. The number of carbonyl (C=O) groups is 3. The number of hydrogen-bond acceptors (Lipinski definition) is 3. The molecule has 1 aromatic carbocycles. The lowest BCUT2D eigenvalue weighted by Gasteiger charge is -2.44. The number of carbonyl (C=O) groups excluding carboxylic acids is 3. The summed E-state index contributed by atoms with van der Waals surface area (Å²) in [5, 5.41) is 3.22. The second kappa shape index (κ2) is 8.65. The minimum absolute atomic E-state index is 0.0905. The maximum absolute atomic E-state index is 13.9. The van der Waals surface area contributed by atoms with Crippen LogP contribution in [-0.4, -0.2) is 23.5 Å². The zero-order valence-corrected chi connectivity index (χ0v) is 19.4. The van der Waals surface area contributed by atoms with Crippen molar-refractivity contribution in [2.45, 2.75) is 46.6 Å². The molecule has 0 aromatic heterocycles. The van der Waals surface area contributed by atoms with E-state index in [1.165, 1.54) is 11.6 Å². The van der Waals surface area contributed by atoms with Crippen molar-refractivity contribution in [2.75, 3.05) is 0 Å². The van der Waals surface area contributed by atoms with E-state index in [0.29, 0.717) is 12.8 Å². The average molecular weight is 432 g/mol. The summed E-state index contributed by atoms with van der Waals surface area (Å²) in [5.74, 6) is -1.11. The van der Waals surface area contributed by atoms with E-state index in [1.807, 2.05) is 44.2 Å². The Kier molecular flexibility index (Phi) is 6.07. The molecule has 4 rings (SSSR count). The highest BCUT2D eigenvalue weighted by atomic mass is 16.2. The first-order valence-corrected chi connectivity index (χ1v) is 11.7. The first-order chi connectivity index (χ1) is 15.3. The van der Waals surface area contributed by atoms with Crippen LogP contribution in [0.25, 0.3) is 0 Å². The Morgan fingerprint density at radius 2 is 1.75 bits per heavy atom. The fourth-order valence-corrected chi connectivity index (χ4v) is 5.96. The molecule has 32 heavy (non-hydrogen) atoms. The number of nitrogens with one attached hydrogen (secondary N) is 1. The molecule has 1 heterocycles. The first kappa shape index (κ1) is 22.4. The van der Waals surface area contributed by atoms with Gasteiger partial charge in [0.15, 0.2) is 5.78 Å². The minimum Gasteiger partial charge on any atom is -0.352 e. The molecule has 4 heteroatoms. The predicted molar refractivity (Wildman–Crippen MR) is 126 cm³/mol. The average Bonchev–Trinajstić information content (AvgIpc) is 3.07. The smallest absolute Gasteiger partial charge is 0.235 e. The molecule has 2 aliphatic carbocycles. The van der Waals surface area contributed by atoms with Gasteiger partial charge in [-0.15, -0.1) is 0 Å². The molecule has 0 saturated carbocycles. The number of ketones is 2. The van der Waals surface area contributed by atoms with Gasteiger partial charge in [0, 0.05) is 29.7 Å². The van der Waals surface area contributed by atoms with Crippen molar-refractivity contribution in [3.8, 4) is 0 Å². The van der Waals surface area contributed by atoms with Crippen molar-refractivity contribution in [3.63, 3.8) is 0 Å². The molecule has 7 unspecified atom stereocenters. The Morgan fingerprint density at radius 1 is 1.03 bits per heavy atom. The second-order valence-corrected chi connectivity index (χ2v) is 9.87. The summed E-state index contributed by atoms with van der Waals surface area (Å²) < 4.78 is 0. The highest BCUT2D eigenvalue weighted by Gasteiger charge is 2.64. The molecule has 1 N–H and O–H groups in total. The van der Waals surface area contributed by atoms with E-state index in [-0.39, 0.29) is 53.1 Å². The lowest BCUT2D eigenvalue weighted by Crippen LogP contribution is -2.51. The Hall–Kier alpha value is -2.75. The Morgan fingerprint density at radius 3 is 2.47 bits per heavy atom. The van der Waals surface area contributed by atoms with Gasteiger partial charge in [0.25, 0.3) is 0 Å². The lowest BCUT2D eigenvalue weighted by molar-refractivity contribution is -0.142. The quantitative estimate of drug-likeness (QED) is 0.555. The van der Waals surface area contributed by atoms with E-state index in [2.05, 4.69) is 37.4 Å². The third-order valence-corrected chi connectivity index (χ3v) is 7.89. The molecule has 4 nitrogen and oxygen atoms in total. The fourth-order valence-electron chi connectivity index (χ4n) is 5.96. The Balaban J connectivity index is 1.83. The van der Waals surface area contributed by atoms with Gasteiger partial charge in [-0.1, -0.05) is 81.0 Å². The van der Waals surface area contributed by atoms with Crippen molar-refractivity contribution in [3.05, 3.63) is 71.8 Å². The number of Topliss-reactive ketones (excluding diaryl/α,β-unsaturated/α-hetero) is 1. The van der Waals surface area contributed by atoms with Crippen molar-refractivity contribution in [1.29, 1.82) is 0 Å². The van der Waals surface area contributed by atoms with Gasteiger partial charge in [-0.05, 0) is 37.3 Å². The van der Waals surface area contributed by atoms with Crippen LogP contribution in [0.3, 0.4) is 0 Å². The van der Waals surface area contributed by atoms with Gasteiger partial charge in [-0.2, -0.15) is 0 Å². The molecule has 0 bridgehead atoms. The lowest BCUT2D eigenvalue weighted by atomic mass is 9.55. The largest absolute Gasteiger partial charge is 0.352 e. The zero-order valence-electron chi connectivity index (χ0n) is 19.4. The molecule has 3 aliphatic rings. The second-order valence-electron chi connectivity index (χ2n) is 9.87. The molecule has 1 saturated heterocycles. The van der Waals surface area contributed by atoms with Crippen LogP contribution in [0.15, 0.2) is 66.3 Å². The van der Waals surface area contributed by atoms with E-state index in [4.69, 9.17) is 0 Å². The predicted octanol–water partition coefficient (Wildman–Crippen LogP) is 4.47. The molecule has 168 valence electrons. The van der Waals surface area contributed by atoms with Crippen molar-refractivity contribution in [1.82, 2.24) is 5.32 Å². The van der Waals surface area contributed by atoms with Crippen molar-refractivity contribution in [2.24, 2.45) is 35.0 Å². The van der Waals surface area contributed by atoms with E-state index >= 15 is 0 Å². The van der Waals surface area contributed by atoms with Crippen LogP contribution < -0.4 is 5.32 Å². The van der Waals surface area contributed by atoms with Gasteiger partial charge in [0.2, 0.25) is 5.91 Å². The minimum atomic E-state index is -1.18. The summed E-state index contributed by atoms with van der Waals surface area (Å²) in [6.07, 6.45) is 10.6. The summed E-state index contributed by atoms with van der Waals surface area (Å²) in [6, 6.07) is 10.0. The summed E-state index contributed by atoms with van der Waals surface area (Å²) in [4.78, 5) is 40.2. The number of benzene rings is 1. The molecule has 1 fully saturated rings. The monoisotopic (exact) mass is 431 g/mol. The molecular weight excluding hydrogens is 398 g/mol. The van der Waals surface area contributed by atoms with E-state index in [0.717, 1.165) is 5.56 Å². The van der Waals surface area contributed by atoms with Crippen LogP contribution in [0.1, 0.15) is 39.7 Å². The first-order valence-electron chi connectivity index (χ1n) is 11.7. The van der Waals surface area contributed by atoms with E-state index in [9.17, 15) is 14.4 Å².